The zero-order chi connectivity index (χ0) is 13.0. The topological polar surface area (TPSA) is 15.3 Å². The molecule has 0 amide bonds. The van der Waals surface area contributed by atoms with Crippen LogP contribution in [0.2, 0.25) is 0 Å². The van der Waals surface area contributed by atoms with E-state index in [1.807, 2.05) is 6.07 Å². The Morgan fingerprint density at radius 3 is 3.06 bits per heavy atom. The highest BCUT2D eigenvalue weighted by Crippen LogP contribution is 2.30. The first-order valence-corrected chi connectivity index (χ1v) is 7.44. The Bertz CT molecular complexity index is 377. The molecular formula is C14H20BrFN2. The molecule has 1 aromatic rings. The monoisotopic (exact) mass is 314 g/mol. The number of hydrogen-bond acceptors (Lipinski definition) is 2. The average Bonchev–Trinajstić information content (AvgIpc) is 2.55. The molecule has 4 heteroatoms. The molecule has 0 saturated carbocycles. The van der Waals surface area contributed by atoms with E-state index in [1.54, 1.807) is 6.07 Å². The summed E-state index contributed by atoms with van der Waals surface area (Å²) < 4.78 is 14.8. The van der Waals surface area contributed by atoms with Crippen molar-refractivity contribution < 1.29 is 4.39 Å². The summed E-state index contributed by atoms with van der Waals surface area (Å²) in [5.41, 5.74) is 0.710. The molecule has 1 aromatic carbocycles. The van der Waals surface area contributed by atoms with Crippen LogP contribution >= 0.6 is 15.9 Å². The molecule has 2 nitrogen and oxygen atoms in total. The van der Waals surface area contributed by atoms with E-state index in [2.05, 4.69) is 33.1 Å². The Morgan fingerprint density at radius 2 is 2.33 bits per heavy atom. The minimum atomic E-state index is -0.137. The lowest BCUT2D eigenvalue weighted by Crippen LogP contribution is -2.38. The third-order valence-corrected chi connectivity index (χ3v) is 4.01. The van der Waals surface area contributed by atoms with Crippen LogP contribution in [0, 0.1) is 5.82 Å². The van der Waals surface area contributed by atoms with Crippen molar-refractivity contribution >= 4 is 21.6 Å². The normalized spacial score (nSPS) is 20.8. The smallest absolute Gasteiger partial charge is 0.147 e. The summed E-state index contributed by atoms with van der Waals surface area (Å²) in [5, 5.41) is 3.54. The number of nitrogens with one attached hydrogen (secondary N) is 1. The molecule has 1 aliphatic heterocycles. The van der Waals surface area contributed by atoms with Crippen molar-refractivity contribution in [1.82, 2.24) is 5.32 Å². The molecule has 1 N–H and O–H groups in total. The van der Waals surface area contributed by atoms with Crippen LogP contribution in [0.5, 0.6) is 0 Å². The van der Waals surface area contributed by atoms with Gasteiger partial charge in [-0.2, -0.15) is 0 Å². The lowest BCUT2D eigenvalue weighted by Gasteiger charge is -2.27. The molecule has 2 rings (SSSR count). The fraction of sp³-hybridized carbons (Fsp3) is 0.571. The van der Waals surface area contributed by atoms with Crippen molar-refractivity contribution in [3.8, 4) is 0 Å². The molecule has 1 unspecified atom stereocenters. The standard InChI is InChI=1S/C14H20BrFN2/c1-2-5-11-10-18(9-4-8-17-11)14-12(15)6-3-7-13(14)16/h3,6-7,11,17H,2,4-5,8-10H2,1H3. The highest BCUT2D eigenvalue weighted by atomic mass is 79.9. The number of para-hydroxylation sites is 1. The van der Waals surface area contributed by atoms with Gasteiger partial charge in [0, 0.05) is 23.6 Å². The molecule has 0 aliphatic carbocycles. The first kappa shape index (κ1) is 13.8. The fourth-order valence-electron chi connectivity index (χ4n) is 2.53. The zero-order valence-electron chi connectivity index (χ0n) is 10.8. The van der Waals surface area contributed by atoms with Gasteiger partial charge in [0.1, 0.15) is 5.82 Å². The molecule has 18 heavy (non-hydrogen) atoms. The third kappa shape index (κ3) is 3.23. The molecule has 1 fully saturated rings. The number of halogens is 2. The zero-order valence-corrected chi connectivity index (χ0v) is 12.3. The number of anilines is 1. The number of hydrogen-bond donors (Lipinski definition) is 1. The predicted octanol–water partition coefficient (Wildman–Crippen LogP) is 3.56. The Morgan fingerprint density at radius 1 is 1.50 bits per heavy atom. The summed E-state index contributed by atoms with van der Waals surface area (Å²) in [4.78, 5) is 2.17. The summed E-state index contributed by atoms with van der Waals surface area (Å²) in [5.74, 6) is -0.137. The Labute approximate surface area is 117 Å². The lowest BCUT2D eigenvalue weighted by molar-refractivity contribution is 0.500. The van der Waals surface area contributed by atoms with Crippen molar-refractivity contribution in [2.24, 2.45) is 0 Å². The maximum Gasteiger partial charge on any atom is 0.147 e. The highest BCUT2D eigenvalue weighted by molar-refractivity contribution is 9.10. The van der Waals surface area contributed by atoms with Gasteiger partial charge in [0.2, 0.25) is 0 Å². The molecule has 1 saturated heterocycles. The molecule has 0 radical (unpaired) electrons. The van der Waals surface area contributed by atoms with E-state index in [0.717, 1.165) is 43.4 Å². The van der Waals surface area contributed by atoms with Gasteiger partial charge in [0.15, 0.2) is 0 Å². The van der Waals surface area contributed by atoms with Crippen LogP contribution in [0.3, 0.4) is 0 Å². The summed E-state index contributed by atoms with van der Waals surface area (Å²) >= 11 is 3.46. The quantitative estimate of drug-likeness (QED) is 0.917. The molecular weight excluding hydrogens is 295 g/mol. The summed E-state index contributed by atoms with van der Waals surface area (Å²) in [6.07, 6.45) is 3.35. The van der Waals surface area contributed by atoms with Crippen molar-refractivity contribution in [3.05, 3.63) is 28.5 Å². The molecule has 1 aliphatic rings. The SMILES string of the molecule is CCCC1CN(c2c(F)cccc2Br)CCCN1. The molecule has 1 heterocycles. The number of nitrogens with zero attached hydrogens (tertiary/aromatic N) is 1. The van der Waals surface area contributed by atoms with Gasteiger partial charge in [-0.1, -0.05) is 19.4 Å². The second kappa shape index (κ2) is 6.53. The van der Waals surface area contributed by atoms with Gasteiger partial charge in [-0.15, -0.1) is 0 Å². The van der Waals surface area contributed by atoms with Crippen molar-refractivity contribution in [2.45, 2.75) is 32.2 Å². The Hall–Kier alpha value is -0.610. The van der Waals surface area contributed by atoms with Gasteiger partial charge in [-0.25, -0.2) is 4.39 Å². The first-order valence-electron chi connectivity index (χ1n) is 6.64. The van der Waals surface area contributed by atoms with Crippen LogP contribution in [0.15, 0.2) is 22.7 Å². The van der Waals surface area contributed by atoms with E-state index in [0.29, 0.717) is 11.7 Å². The second-order valence-corrected chi connectivity index (χ2v) is 5.66. The van der Waals surface area contributed by atoms with Crippen molar-refractivity contribution in [1.29, 1.82) is 0 Å². The highest BCUT2D eigenvalue weighted by Gasteiger charge is 2.21. The third-order valence-electron chi connectivity index (χ3n) is 3.37. The van der Waals surface area contributed by atoms with Crippen LogP contribution in [0.4, 0.5) is 10.1 Å². The summed E-state index contributed by atoms with van der Waals surface area (Å²) in [6, 6.07) is 5.64. The van der Waals surface area contributed by atoms with Crippen LogP contribution in [-0.2, 0) is 0 Å². The van der Waals surface area contributed by atoms with E-state index < -0.39 is 0 Å². The van der Waals surface area contributed by atoms with Gasteiger partial charge in [-0.3, -0.25) is 0 Å². The van der Waals surface area contributed by atoms with Crippen LogP contribution in [0.1, 0.15) is 26.2 Å². The van der Waals surface area contributed by atoms with E-state index in [4.69, 9.17) is 0 Å². The van der Waals surface area contributed by atoms with E-state index in [1.165, 1.54) is 6.07 Å². The lowest BCUT2D eigenvalue weighted by atomic mass is 10.1. The van der Waals surface area contributed by atoms with E-state index >= 15 is 0 Å². The van der Waals surface area contributed by atoms with Gasteiger partial charge in [-0.05, 0) is 47.4 Å². The fourth-order valence-corrected chi connectivity index (χ4v) is 3.13. The maximum atomic E-state index is 14.0. The van der Waals surface area contributed by atoms with Gasteiger partial charge < -0.3 is 10.2 Å². The minimum absolute atomic E-state index is 0.137. The molecule has 0 bridgehead atoms. The first-order chi connectivity index (χ1) is 8.72. The maximum absolute atomic E-state index is 14.0. The van der Waals surface area contributed by atoms with E-state index in [9.17, 15) is 4.39 Å². The minimum Gasteiger partial charge on any atom is -0.367 e. The molecule has 0 spiro atoms. The molecule has 1 atom stereocenters. The molecule has 0 aromatic heterocycles. The van der Waals surface area contributed by atoms with Gasteiger partial charge in [0.05, 0.1) is 5.69 Å². The predicted molar refractivity (Wildman–Crippen MR) is 77.6 cm³/mol. The number of rotatable bonds is 3. The van der Waals surface area contributed by atoms with Crippen LogP contribution < -0.4 is 10.2 Å². The van der Waals surface area contributed by atoms with Crippen molar-refractivity contribution in [2.75, 3.05) is 24.5 Å². The molecule has 100 valence electrons. The van der Waals surface area contributed by atoms with Gasteiger partial charge in [0.25, 0.3) is 0 Å². The second-order valence-electron chi connectivity index (χ2n) is 4.81. The number of benzene rings is 1. The van der Waals surface area contributed by atoms with Gasteiger partial charge >= 0.3 is 0 Å². The largest absolute Gasteiger partial charge is 0.367 e. The Balaban J connectivity index is 2.20. The summed E-state index contributed by atoms with van der Waals surface area (Å²) in [6.45, 7) is 5.00. The van der Waals surface area contributed by atoms with Crippen LogP contribution in [-0.4, -0.2) is 25.7 Å². The summed E-state index contributed by atoms with van der Waals surface area (Å²) in [7, 11) is 0. The Kier molecular flexibility index (Phi) is 5.01. The van der Waals surface area contributed by atoms with E-state index in [-0.39, 0.29) is 5.82 Å². The van der Waals surface area contributed by atoms with Crippen LogP contribution in [0.25, 0.3) is 0 Å². The average molecular weight is 315 g/mol. The van der Waals surface area contributed by atoms with Crippen molar-refractivity contribution in [3.63, 3.8) is 0 Å².